The molecule has 3 aliphatic rings. The van der Waals surface area contributed by atoms with Crippen molar-refractivity contribution in [2.75, 3.05) is 4.90 Å². The first kappa shape index (κ1) is 23.2. The second kappa shape index (κ2) is 7.66. The van der Waals surface area contributed by atoms with E-state index in [1.807, 2.05) is 0 Å². The molecule has 0 bridgehead atoms. The van der Waals surface area contributed by atoms with Crippen LogP contribution in [-0.2, 0) is 20.5 Å². The Morgan fingerprint density at radius 1 is 0.757 bits per heavy atom. The molecular formula is C27H15F4NO5. The highest BCUT2D eigenvalue weighted by Crippen LogP contribution is 2.58. The maximum absolute atomic E-state index is 13.8. The molecule has 3 aromatic rings. The van der Waals surface area contributed by atoms with Gasteiger partial charge in [0.05, 0.1) is 29.2 Å². The van der Waals surface area contributed by atoms with Gasteiger partial charge in [-0.3, -0.25) is 19.2 Å². The van der Waals surface area contributed by atoms with E-state index in [1.165, 1.54) is 42.5 Å². The molecule has 1 spiro atoms. The number of amides is 2. The Balaban J connectivity index is 1.56. The number of fused-ring (bicyclic) bond motifs is 3. The summed E-state index contributed by atoms with van der Waals surface area (Å²) < 4.78 is 61.1. The minimum absolute atomic E-state index is 0.0135. The second-order valence-electron chi connectivity index (χ2n) is 9.06. The van der Waals surface area contributed by atoms with Crippen LogP contribution in [0.15, 0.2) is 72.8 Å². The molecule has 2 heterocycles. The highest BCUT2D eigenvalue weighted by molar-refractivity contribution is 6.37. The summed E-state index contributed by atoms with van der Waals surface area (Å²) in [4.78, 5) is 55.2. The lowest BCUT2D eigenvalue weighted by Crippen LogP contribution is -2.51. The first-order chi connectivity index (χ1) is 17.6. The largest absolute Gasteiger partial charge is 0.418 e. The molecule has 37 heavy (non-hydrogen) atoms. The Kier molecular flexibility index (Phi) is 4.81. The third kappa shape index (κ3) is 3.02. The predicted molar refractivity (Wildman–Crippen MR) is 119 cm³/mol. The minimum atomic E-state index is -4.89. The quantitative estimate of drug-likeness (QED) is 0.288. The first-order valence-corrected chi connectivity index (χ1v) is 11.2. The summed E-state index contributed by atoms with van der Waals surface area (Å²) in [5.74, 6) is -7.71. The summed E-state index contributed by atoms with van der Waals surface area (Å²) in [6.07, 6.45) is -6.26. The van der Waals surface area contributed by atoms with E-state index in [4.69, 9.17) is 4.74 Å². The van der Waals surface area contributed by atoms with Crippen molar-refractivity contribution >= 4 is 29.1 Å². The average molecular weight is 509 g/mol. The number of carbonyl (C=O) groups excluding carboxylic acids is 4. The standard InChI is InChI=1S/C27H15F4NO5/c28-14-11-9-13(10-12-14)21-19-20(26(37-21)22(33)15-5-1-2-6-16(15)23(26)34)25(36)32(24(19)35)18-8-4-3-7-17(18)27(29,30)31/h1-12,19-21H. The third-order valence-corrected chi connectivity index (χ3v) is 7.17. The molecule has 2 saturated heterocycles. The van der Waals surface area contributed by atoms with Gasteiger partial charge in [0.2, 0.25) is 29.0 Å². The number of carbonyl (C=O) groups is 4. The molecular weight excluding hydrogens is 494 g/mol. The van der Waals surface area contributed by atoms with Crippen molar-refractivity contribution in [3.8, 4) is 0 Å². The van der Waals surface area contributed by atoms with Crippen molar-refractivity contribution in [3.63, 3.8) is 0 Å². The van der Waals surface area contributed by atoms with E-state index in [-0.39, 0.29) is 16.7 Å². The average Bonchev–Trinajstić information content (AvgIpc) is 3.44. The van der Waals surface area contributed by atoms with Crippen LogP contribution in [0.2, 0.25) is 0 Å². The molecule has 0 radical (unpaired) electrons. The Bertz CT molecular complexity index is 1480. The van der Waals surface area contributed by atoms with Crippen LogP contribution in [-0.4, -0.2) is 29.0 Å². The fraction of sp³-hybridized carbons (Fsp3) is 0.185. The summed E-state index contributed by atoms with van der Waals surface area (Å²) in [6.45, 7) is 0. The zero-order chi connectivity index (χ0) is 26.3. The maximum atomic E-state index is 13.8. The monoisotopic (exact) mass is 509 g/mol. The predicted octanol–water partition coefficient (Wildman–Crippen LogP) is 4.54. The lowest BCUT2D eigenvalue weighted by atomic mass is 9.77. The molecule has 2 amide bonds. The number of anilines is 1. The number of Topliss-reactive ketones (excluding diaryl/α,β-unsaturated/α-hetero) is 2. The SMILES string of the molecule is O=C1C2C(c3ccc(F)cc3)OC3(C(=O)c4ccccc4C3=O)C2C(=O)N1c1ccccc1C(F)(F)F. The summed E-state index contributed by atoms with van der Waals surface area (Å²) >= 11 is 0. The van der Waals surface area contributed by atoms with Gasteiger partial charge in [-0.25, -0.2) is 9.29 Å². The van der Waals surface area contributed by atoms with Crippen LogP contribution in [0.5, 0.6) is 0 Å². The molecule has 2 fully saturated rings. The van der Waals surface area contributed by atoms with Gasteiger partial charge in [0.15, 0.2) is 0 Å². The minimum Gasteiger partial charge on any atom is -0.349 e. The van der Waals surface area contributed by atoms with Gasteiger partial charge < -0.3 is 4.74 Å². The van der Waals surface area contributed by atoms with Gasteiger partial charge in [0.1, 0.15) is 5.82 Å². The van der Waals surface area contributed by atoms with E-state index in [2.05, 4.69) is 0 Å². The lowest BCUT2D eigenvalue weighted by molar-refractivity contribution is -0.137. The number of ketones is 2. The van der Waals surface area contributed by atoms with Crippen LogP contribution in [0, 0.1) is 17.7 Å². The molecule has 6 nitrogen and oxygen atoms in total. The zero-order valence-corrected chi connectivity index (χ0v) is 18.7. The summed E-state index contributed by atoms with van der Waals surface area (Å²) in [6, 6.07) is 14.6. The van der Waals surface area contributed by atoms with E-state index >= 15 is 0 Å². The van der Waals surface area contributed by atoms with Gasteiger partial charge in [0.25, 0.3) is 0 Å². The summed E-state index contributed by atoms with van der Waals surface area (Å²) in [5.41, 5.74) is -4.21. The Morgan fingerprint density at radius 3 is 1.92 bits per heavy atom. The first-order valence-electron chi connectivity index (χ1n) is 11.2. The molecule has 2 aliphatic heterocycles. The number of rotatable bonds is 2. The van der Waals surface area contributed by atoms with Crippen LogP contribution < -0.4 is 4.90 Å². The number of halogens is 4. The number of benzene rings is 3. The van der Waals surface area contributed by atoms with Crippen molar-refractivity contribution < 1.29 is 41.5 Å². The summed E-state index contributed by atoms with van der Waals surface area (Å²) in [5, 5.41) is 0. The molecule has 0 N–H and O–H groups in total. The molecule has 3 aromatic carbocycles. The second-order valence-corrected chi connectivity index (χ2v) is 9.06. The highest BCUT2D eigenvalue weighted by atomic mass is 19.4. The molecule has 186 valence electrons. The van der Waals surface area contributed by atoms with Crippen molar-refractivity contribution in [2.24, 2.45) is 11.8 Å². The third-order valence-electron chi connectivity index (χ3n) is 7.17. The summed E-state index contributed by atoms with van der Waals surface area (Å²) in [7, 11) is 0. The maximum Gasteiger partial charge on any atom is 0.418 e. The lowest BCUT2D eigenvalue weighted by Gasteiger charge is -2.28. The van der Waals surface area contributed by atoms with Crippen LogP contribution in [0.3, 0.4) is 0 Å². The molecule has 3 unspecified atom stereocenters. The number of nitrogens with zero attached hydrogens (tertiary/aromatic N) is 1. The Labute approximate surface area is 206 Å². The number of para-hydroxylation sites is 1. The van der Waals surface area contributed by atoms with Gasteiger partial charge in [0, 0.05) is 11.1 Å². The van der Waals surface area contributed by atoms with Gasteiger partial charge in [-0.05, 0) is 29.8 Å². The number of imide groups is 1. The van der Waals surface area contributed by atoms with E-state index < -0.39 is 70.2 Å². The smallest absolute Gasteiger partial charge is 0.349 e. The van der Waals surface area contributed by atoms with E-state index in [1.54, 1.807) is 0 Å². The topological polar surface area (TPSA) is 80.8 Å². The van der Waals surface area contributed by atoms with Crippen molar-refractivity contribution in [2.45, 2.75) is 17.9 Å². The van der Waals surface area contributed by atoms with Crippen molar-refractivity contribution in [3.05, 3.63) is 101 Å². The van der Waals surface area contributed by atoms with E-state index in [9.17, 15) is 36.7 Å². The number of ether oxygens (including phenoxy) is 1. The van der Waals surface area contributed by atoms with Crippen LogP contribution in [0.4, 0.5) is 23.2 Å². The van der Waals surface area contributed by atoms with E-state index in [0.29, 0.717) is 4.90 Å². The van der Waals surface area contributed by atoms with E-state index in [0.717, 1.165) is 30.3 Å². The number of hydrogen-bond donors (Lipinski definition) is 0. The number of hydrogen-bond acceptors (Lipinski definition) is 5. The molecule has 10 heteroatoms. The fourth-order valence-corrected chi connectivity index (χ4v) is 5.62. The fourth-order valence-electron chi connectivity index (χ4n) is 5.62. The molecule has 0 saturated carbocycles. The molecule has 6 rings (SSSR count). The Morgan fingerprint density at radius 2 is 1.32 bits per heavy atom. The van der Waals surface area contributed by atoms with Crippen LogP contribution >= 0.6 is 0 Å². The van der Waals surface area contributed by atoms with Crippen LogP contribution in [0.25, 0.3) is 0 Å². The zero-order valence-electron chi connectivity index (χ0n) is 18.7. The van der Waals surface area contributed by atoms with Gasteiger partial charge in [-0.15, -0.1) is 0 Å². The molecule has 0 aromatic heterocycles. The van der Waals surface area contributed by atoms with Gasteiger partial charge >= 0.3 is 6.18 Å². The normalized spacial score (nSPS) is 24.2. The highest BCUT2D eigenvalue weighted by Gasteiger charge is 2.75. The van der Waals surface area contributed by atoms with Crippen LogP contribution in [0.1, 0.15) is 37.9 Å². The molecule has 3 atom stereocenters. The number of alkyl halides is 3. The molecule has 1 aliphatic carbocycles. The van der Waals surface area contributed by atoms with Gasteiger partial charge in [-0.2, -0.15) is 13.2 Å². The van der Waals surface area contributed by atoms with Gasteiger partial charge in [-0.1, -0.05) is 48.5 Å². The Hall–Kier alpha value is -4.18. The van der Waals surface area contributed by atoms with Crippen molar-refractivity contribution in [1.29, 1.82) is 0 Å². The van der Waals surface area contributed by atoms with Crippen molar-refractivity contribution in [1.82, 2.24) is 0 Å².